The predicted molar refractivity (Wildman–Crippen MR) is 85.6 cm³/mol. The minimum absolute atomic E-state index is 0.0244. The van der Waals surface area contributed by atoms with Crippen LogP contribution in [0, 0.1) is 0 Å². The number of hydrogen-bond acceptors (Lipinski definition) is 8. The van der Waals surface area contributed by atoms with Crippen LogP contribution >= 0.6 is 11.3 Å². The molecule has 8 nitrogen and oxygen atoms in total. The predicted octanol–water partition coefficient (Wildman–Crippen LogP) is -0.399. The molecule has 0 aromatic carbocycles. The minimum Gasteiger partial charge on any atom is -0.394 e. The molecule has 2 atom stereocenters. The van der Waals surface area contributed by atoms with Gasteiger partial charge in [-0.3, -0.25) is 0 Å². The molecule has 0 saturated carbocycles. The fourth-order valence-electron chi connectivity index (χ4n) is 2.52. The van der Waals surface area contributed by atoms with Crippen LogP contribution in [0.4, 0.5) is 0 Å². The average molecular weight is 385 g/mol. The van der Waals surface area contributed by atoms with Gasteiger partial charge in [-0.1, -0.05) is 6.92 Å². The first kappa shape index (κ1) is 18.8. The van der Waals surface area contributed by atoms with Crippen LogP contribution < -0.4 is 10.5 Å². The van der Waals surface area contributed by atoms with Gasteiger partial charge in [-0.15, -0.1) is 11.3 Å². The second-order valence-electron chi connectivity index (χ2n) is 5.16. The number of thiophene rings is 1. The molecule has 0 fully saturated rings. The van der Waals surface area contributed by atoms with Crippen molar-refractivity contribution >= 4 is 31.2 Å². The first-order valence-electron chi connectivity index (χ1n) is 7.04. The van der Waals surface area contributed by atoms with Gasteiger partial charge in [0, 0.05) is 11.6 Å². The summed E-state index contributed by atoms with van der Waals surface area (Å²) in [6, 6.07) is 1.05. The lowest BCUT2D eigenvalue weighted by Crippen LogP contribution is -2.37. The van der Waals surface area contributed by atoms with E-state index in [0.29, 0.717) is 23.4 Å². The number of hydrogen-bond donors (Lipinski definition) is 3. The molecule has 0 amide bonds. The summed E-state index contributed by atoms with van der Waals surface area (Å²) in [6.45, 7) is 2.30. The Morgan fingerprint density at radius 3 is 2.78 bits per heavy atom. The van der Waals surface area contributed by atoms with E-state index < -0.39 is 25.1 Å². The molecule has 11 heteroatoms. The van der Waals surface area contributed by atoms with Gasteiger partial charge in [0.15, 0.2) is 9.84 Å². The van der Waals surface area contributed by atoms with Gasteiger partial charge in [-0.05, 0) is 19.0 Å². The lowest BCUT2D eigenvalue weighted by atomic mass is 10.0. The van der Waals surface area contributed by atoms with Crippen LogP contribution in [0.5, 0.6) is 0 Å². The van der Waals surface area contributed by atoms with Crippen LogP contribution in [0.3, 0.4) is 0 Å². The zero-order chi connectivity index (χ0) is 17.3. The Morgan fingerprint density at radius 1 is 1.52 bits per heavy atom. The Morgan fingerprint density at radius 2 is 2.22 bits per heavy atom. The summed E-state index contributed by atoms with van der Waals surface area (Å²) in [7, 11) is -7.66. The van der Waals surface area contributed by atoms with Gasteiger partial charge in [0.2, 0.25) is 10.0 Å². The Balaban J connectivity index is 2.44. The van der Waals surface area contributed by atoms with Crippen molar-refractivity contribution in [2.24, 2.45) is 5.14 Å². The zero-order valence-electron chi connectivity index (χ0n) is 12.6. The number of ether oxygens (including phenoxy) is 1. The summed E-state index contributed by atoms with van der Waals surface area (Å²) in [5, 5.41) is 16.2. The normalized spacial score (nSPS) is 23.6. The van der Waals surface area contributed by atoms with Crippen LogP contribution in [-0.4, -0.2) is 53.6 Å². The third-order valence-corrected chi connectivity index (χ3v) is 8.82. The Labute approximate surface area is 139 Å². The third-order valence-electron chi connectivity index (χ3n) is 3.54. The third kappa shape index (κ3) is 3.92. The highest BCUT2D eigenvalue weighted by atomic mass is 32.3. The maximum Gasteiger partial charge on any atom is 0.247 e. The van der Waals surface area contributed by atoms with Gasteiger partial charge in [0.25, 0.3) is 0 Å². The van der Waals surface area contributed by atoms with Crippen molar-refractivity contribution in [2.45, 2.75) is 33.1 Å². The van der Waals surface area contributed by atoms with E-state index in [4.69, 9.17) is 15.0 Å². The van der Waals surface area contributed by atoms with E-state index >= 15 is 0 Å². The maximum absolute atomic E-state index is 12.7. The zero-order valence-corrected chi connectivity index (χ0v) is 15.0. The molecule has 132 valence electrons. The smallest absolute Gasteiger partial charge is 0.247 e. The van der Waals surface area contributed by atoms with Gasteiger partial charge < -0.3 is 15.2 Å². The largest absolute Gasteiger partial charge is 0.394 e. The number of rotatable bonds is 7. The molecule has 23 heavy (non-hydrogen) atoms. The molecular weight excluding hydrogens is 364 g/mol. The summed E-state index contributed by atoms with van der Waals surface area (Å²) >= 11 is 0.676. The molecule has 0 spiro atoms. The summed E-state index contributed by atoms with van der Waals surface area (Å²) in [6.07, 6.45) is 0.273. The first-order chi connectivity index (χ1) is 10.7. The van der Waals surface area contributed by atoms with E-state index in [9.17, 15) is 16.8 Å². The highest BCUT2D eigenvalue weighted by Gasteiger charge is 2.41. The molecule has 4 N–H and O–H groups in total. The van der Waals surface area contributed by atoms with Crippen molar-refractivity contribution in [3.8, 4) is 0 Å². The summed E-state index contributed by atoms with van der Waals surface area (Å²) in [5.74, 6) is 0. The van der Waals surface area contributed by atoms with Crippen molar-refractivity contribution in [3.63, 3.8) is 0 Å². The van der Waals surface area contributed by atoms with Crippen molar-refractivity contribution in [3.05, 3.63) is 11.6 Å². The first-order valence-corrected chi connectivity index (χ1v) is 10.9. The molecule has 1 aliphatic heterocycles. The van der Waals surface area contributed by atoms with Gasteiger partial charge in [0.05, 0.1) is 25.1 Å². The summed E-state index contributed by atoms with van der Waals surface area (Å²) in [4.78, 5) is 0. The van der Waals surface area contributed by atoms with Gasteiger partial charge in [0.1, 0.15) is 8.42 Å². The molecular formula is C12H20N2O6S3. The van der Waals surface area contributed by atoms with Gasteiger partial charge in [-0.2, -0.15) is 0 Å². The lowest BCUT2D eigenvalue weighted by molar-refractivity contribution is 0.0893. The fraction of sp³-hybridized carbons (Fsp3) is 0.667. The molecule has 0 radical (unpaired) electrons. The quantitative estimate of drug-likeness (QED) is 0.544. The highest BCUT2D eigenvalue weighted by Crippen LogP contribution is 2.42. The molecule has 1 aliphatic rings. The Bertz CT molecular complexity index is 756. The molecule has 0 bridgehead atoms. The molecule has 2 heterocycles. The number of sulfone groups is 1. The van der Waals surface area contributed by atoms with E-state index in [1.54, 1.807) is 0 Å². The van der Waals surface area contributed by atoms with Crippen LogP contribution in [0.15, 0.2) is 14.5 Å². The van der Waals surface area contributed by atoms with Crippen LogP contribution in [0.2, 0.25) is 0 Å². The molecule has 1 aromatic rings. The maximum atomic E-state index is 12.7. The number of nitrogens with two attached hydrogens (primary N) is 1. The van der Waals surface area contributed by atoms with E-state index in [2.05, 4.69) is 5.32 Å². The number of aliphatic hydroxyl groups excluding tert-OH is 1. The summed E-state index contributed by atoms with van der Waals surface area (Å²) < 4.78 is 53.5. The van der Waals surface area contributed by atoms with Crippen LogP contribution in [0.25, 0.3) is 0 Å². The standard InChI is InChI=1S/C12H20N2O6S3/c1-2-14-10-5-8(7-20-4-3-15)22(16,17)12-9(10)6-11(21-12)23(13,18)19/h6,8,10,14-15H,2-5,7H2,1H3,(H2,13,18,19). The Hall–Kier alpha value is -0.560. The molecule has 1 aromatic heterocycles. The van der Waals surface area contributed by atoms with Gasteiger partial charge in [-0.25, -0.2) is 22.0 Å². The van der Waals surface area contributed by atoms with Crippen molar-refractivity contribution in [2.75, 3.05) is 26.4 Å². The van der Waals surface area contributed by atoms with E-state index in [-0.39, 0.29) is 40.7 Å². The minimum atomic E-state index is -3.96. The van der Waals surface area contributed by atoms with E-state index in [1.807, 2.05) is 6.92 Å². The van der Waals surface area contributed by atoms with E-state index in [0.717, 1.165) is 0 Å². The fourth-order valence-corrected chi connectivity index (χ4v) is 7.06. The monoisotopic (exact) mass is 384 g/mol. The number of primary sulfonamides is 1. The number of sulfonamides is 1. The Kier molecular flexibility index (Phi) is 5.82. The second-order valence-corrected chi connectivity index (χ2v) is 10.4. The number of nitrogens with one attached hydrogen (secondary N) is 1. The highest BCUT2D eigenvalue weighted by molar-refractivity contribution is 7.95. The van der Waals surface area contributed by atoms with Crippen molar-refractivity contribution < 1.29 is 26.7 Å². The van der Waals surface area contributed by atoms with Crippen molar-refractivity contribution in [1.82, 2.24) is 5.32 Å². The van der Waals surface area contributed by atoms with Crippen molar-refractivity contribution in [1.29, 1.82) is 0 Å². The topological polar surface area (TPSA) is 136 Å². The number of aliphatic hydroxyl groups is 1. The van der Waals surface area contributed by atoms with Crippen LogP contribution in [0.1, 0.15) is 24.9 Å². The van der Waals surface area contributed by atoms with Gasteiger partial charge >= 0.3 is 0 Å². The second kappa shape index (κ2) is 7.13. The average Bonchev–Trinajstić information content (AvgIpc) is 2.90. The molecule has 0 aliphatic carbocycles. The lowest BCUT2D eigenvalue weighted by Gasteiger charge is -2.29. The molecule has 2 unspecified atom stereocenters. The van der Waals surface area contributed by atoms with E-state index in [1.165, 1.54) is 6.07 Å². The number of fused-ring (bicyclic) bond motifs is 1. The molecule has 0 saturated heterocycles. The SMILES string of the molecule is CCNC1CC(COCCO)S(=O)(=O)c2sc(S(N)(=O)=O)cc21. The summed E-state index contributed by atoms with van der Waals surface area (Å²) in [5.41, 5.74) is 0.444. The van der Waals surface area contributed by atoms with Crippen LogP contribution in [-0.2, 0) is 24.6 Å². The molecule has 2 rings (SSSR count).